The molecule has 98 valence electrons. The SMILES string of the molecule is CCCCCCCCCCOC(=O)CN.Cl. The highest BCUT2D eigenvalue weighted by atomic mass is 35.5. The van der Waals surface area contributed by atoms with Crippen molar-refractivity contribution in [3.8, 4) is 0 Å². The fourth-order valence-corrected chi connectivity index (χ4v) is 1.48. The lowest BCUT2D eigenvalue weighted by Gasteiger charge is -2.03. The minimum atomic E-state index is -0.294. The van der Waals surface area contributed by atoms with Crippen LogP contribution in [0.5, 0.6) is 0 Å². The number of hydrogen-bond donors (Lipinski definition) is 1. The molecule has 0 unspecified atom stereocenters. The molecule has 0 spiro atoms. The van der Waals surface area contributed by atoms with E-state index in [4.69, 9.17) is 10.5 Å². The number of unbranched alkanes of at least 4 members (excludes halogenated alkanes) is 7. The van der Waals surface area contributed by atoms with Crippen LogP contribution in [0.2, 0.25) is 0 Å². The Morgan fingerprint density at radius 3 is 2.00 bits per heavy atom. The van der Waals surface area contributed by atoms with Gasteiger partial charge >= 0.3 is 5.97 Å². The van der Waals surface area contributed by atoms with Gasteiger partial charge in [-0.3, -0.25) is 4.79 Å². The minimum absolute atomic E-state index is 0. The van der Waals surface area contributed by atoms with E-state index in [1.165, 1.54) is 38.5 Å². The summed E-state index contributed by atoms with van der Waals surface area (Å²) >= 11 is 0. The molecule has 0 aliphatic carbocycles. The molecule has 0 heterocycles. The van der Waals surface area contributed by atoms with E-state index < -0.39 is 0 Å². The van der Waals surface area contributed by atoms with E-state index in [1.54, 1.807) is 0 Å². The number of carbonyl (C=O) groups excluding carboxylic acids is 1. The maximum Gasteiger partial charge on any atom is 0.319 e. The van der Waals surface area contributed by atoms with Gasteiger partial charge in [0.25, 0.3) is 0 Å². The first kappa shape index (κ1) is 18.1. The van der Waals surface area contributed by atoms with E-state index in [1.807, 2.05) is 0 Å². The van der Waals surface area contributed by atoms with Gasteiger partial charge in [-0.1, -0.05) is 51.9 Å². The average molecular weight is 252 g/mol. The van der Waals surface area contributed by atoms with Crippen molar-refractivity contribution in [3.05, 3.63) is 0 Å². The van der Waals surface area contributed by atoms with E-state index >= 15 is 0 Å². The van der Waals surface area contributed by atoms with Crippen molar-refractivity contribution in [2.45, 2.75) is 58.3 Å². The van der Waals surface area contributed by atoms with Crippen molar-refractivity contribution in [2.24, 2.45) is 5.73 Å². The number of halogens is 1. The molecular weight excluding hydrogens is 226 g/mol. The third kappa shape index (κ3) is 13.7. The molecule has 0 aliphatic heterocycles. The molecule has 0 fully saturated rings. The van der Waals surface area contributed by atoms with E-state index in [0.29, 0.717) is 6.61 Å². The standard InChI is InChI=1S/C12H25NO2.ClH/c1-2-3-4-5-6-7-8-9-10-15-12(14)11-13;/h2-11,13H2,1H3;1H. The summed E-state index contributed by atoms with van der Waals surface area (Å²) in [6, 6.07) is 0. The second-order valence-electron chi connectivity index (χ2n) is 3.90. The second kappa shape index (κ2) is 14.7. The fraction of sp³-hybridized carbons (Fsp3) is 0.917. The summed E-state index contributed by atoms with van der Waals surface area (Å²) in [5, 5.41) is 0. The molecular formula is C12H26ClNO2. The first-order valence-corrected chi connectivity index (χ1v) is 6.17. The highest BCUT2D eigenvalue weighted by Gasteiger charge is 1.97. The molecule has 4 heteroatoms. The van der Waals surface area contributed by atoms with Crippen molar-refractivity contribution < 1.29 is 9.53 Å². The van der Waals surface area contributed by atoms with Crippen molar-refractivity contribution in [1.82, 2.24) is 0 Å². The van der Waals surface area contributed by atoms with Crippen LogP contribution in [-0.4, -0.2) is 19.1 Å². The Labute approximate surface area is 106 Å². The topological polar surface area (TPSA) is 52.3 Å². The predicted octanol–water partition coefficient (Wildman–Crippen LogP) is 3.05. The van der Waals surface area contributed by atoms with Crippen LogP contribution in [0.1, 0.15) is 58.3 Å². The van der Waals surface area contributed by atoms with Crippen LogP contribution in [0.15, 0.2) is 0 Å². The molecule has 16 heavy (non-hydrogen) atoms. The highest BCUT2D eigenvalue weighted by Crippen LogP contribution is 2.08. The van der Waals surface area contributed by atoms with Crippen molar-refractivity contribution >= 4 is 18.4 Å². The number of ether oxygens (including phenoxy) is 1. The van der Waals surface area contributed by atoms with Crippen molar-refractivity contribution in [3.63, 3.8) is 0 Å². The lowest BCUT2D eigenvalue weighted by Crippen LogP contribution is -2.17. The second-order valence-corrected chi connectivity index (χ2v) is 3.90. The van der Waals surface area contributed by atoms with Gasteiger partial charge in [0, 0.05) is 0 Å². The van der Waals surface area contributed by atoms with E-state index in [9.17, 15) is 4.79 Å². The first-order valence-electron chi connectivity index (χ1n) is 6.17. The van der Waals surface area contributed by atoms with E-state index in [-0.39, 0.29) is 24.9 Å². The largest absolute Gasteiger partial charge is 0.465 e. The Bertz CT molecular complexity index is 154. The molecule has 0 rings (SSSR count). The molecule has 0 radical (unpaired) electrons. The maximum absolute atomic E-state index is 10.7. The van der Waals surface area contributed by atoms with Gasteiger partial charge in [0.05, 0.1) is 13.2 Å². The Morgan fingerprint density at radius 1 is 1.00 bits per heavy atom. The summed E-state index contributed by atoms with van der Waals surface area (Å²) in [6.07, 6.45) is 10.1. The molecule has 2 N–H and O–H groups in total. The number of rotatable bonds is 10. The summed E-state index contributed by atoms with van der Waals surface area (Å²) in [5.74, 6) is -0.294. The summed E-state index contributed by atoms with van der Waals surface area (Å²) in [7, 11) is 0. The highest BCUT2D eigenvalue weighted by molar-refractivity contribution is 5.85. The number of carbonyl (C=O) groups is 1. The fourth-order valence-electron chi connectivity index (χ4n) is 1.48. The normalized spacial score (nSPS) is 9.62. The lowest BCUT2D eigenvalue weighted by atomic mass is 10.1. The van der Waals surface area contributed by atoms with Gasteiger partial charge in [0.15, 0.2) is 0 Å². The van der Waals surface area contributed by atoms with Gasteiger partial charge in [-0.25, -0.2) is 0 Å². The quantitative estimate of drug-likeness (QED) is 0.480. The molecule has 0 saturated heterocycles. The maximum atomic E-state index is 10.7. The van der Waals surface area contributed by atoms with Gasteiger partial charge in [0.2, 0.25) is 0 Å². The zero-order chi connectivity index (χ0) is 11.4. The zero-order valence-corrected chi connectivity index (χ0v) is 11.2. The third-order valence-electron chi connectivity index (χ3n) is 2.43. The van der Waals surface area contributed by atoms with Crippen LogP contribution in [0.3, 0.4) is 0 Å². The summed E-state index contributed by atoms with van der Waals surface area (Å²) in [6.45, 7) is 2.76. The monoisotopic (exact) mass is 251 g/mol. The Kier molecular flexibility index (Phi) is 16.6. The molecule has 0 bridgehead atoms. The molecule has 0 aromatic heterocycles. The molecule has 0 aromatic rings. The van der Waals surface area contributed by atoms with Gasteiger partial charge in [-0.2, -0.15) is 0 Å². The van der Waals surface area contributed by atoms with Crippen LogP contribution in [0.4, 0.5) is 0 Å². The molecule has 0 saturated carbocycles. The average Bonchev–Trinajstić information content (AvgIpc) is 2.26. The predicted molar refractivity (Wildman–Crippen MR) is 69.9 cm³/mol. The van der Waals surface area contributed by atoms with E-state index in [2.05, 4.69) is 6.92 Å². The van der Waals surface area contributed by atoms with Crippen molar-refractivity contribution in [2.75, 3.05) is 13.2 Å². The summed E-state index contributed by atoms with van der Waals surface area (Å²) in [4.78, 5) is 10.7. The third-order valence-corrected chi connectivity index (χ3v) is 2.43. The number of esters is 1. The molecule has 0 atom stereocenters. The Morgan fingerprint density at radius 2 is 1.50 bits per heavy atom. The van der Waals surface area contributed by atoms with Gasteiger partial charge in [-0.15, -0.1) is 12.4 Å². The first-order chi connectivity index (χ1) is 7.31. The number of hydrogen-bond acceptors (Lipinski definition) is 3. The lowest BCUT2D eigenvalue weighted by molar-refractivity contribution is -0.142. The van der Waals surface area contributed by atoms with Gasteiger partial charge in [-0.05, 0) is 6.42 Å². The molecule has 0 amide bonds. The van der Waals surface area contributed by atoms with E-state index in [0.717, 1.165) is 12.8 Å². The van der Waals surface area contributed by atoms with Crippen LogP contribution >= 0.6 is 12.4 Å². The smallest absolute Gasteiger partial charge is 0.319 e. The van der Waals surface area contributed by atoms with Crippen LogP contribution in [0, 0.1) is 0 Å². The summed E-state index contributed by atoms with van der Waals surface area (Å²) in [5.41, 5.74) is 5.11. The Balaban J connectivity index is 0. The minimum Gasteiger partial charge on any atom is -0.465 e. The molecule has 0 aliphatic rings. The molecule has 0 aromatic carbocycles. The zero-order valence-electron chi connectivity index (χ0n) is 10.4. The molecule has 3 nitrogen and oxygen atoms in total. The number of nitrogens with two attached hydrogens (primary N) is 1. The Hall–Kier alpha value is -0.280. The van der Waals surface area contributed by atoms with Crippen LogP contribution < -0.4 is 5.73 Å². The van der Waals surface area contributed by atoms with Gasteiger partial charge < -0.3 is 10.5 Å². The van der Waals surface area contributed by atoms with Crippen LogP contribution in [-0.2, 0) is 9.53 Å². The van der Waals surface area contributed by atoms with Crippen LogP contribution in [0.25, 0.3) is 0 Å². The van der Waals surface area contributed by atoms with Crippen molar-refractivity contribution in [1.29, 1.82) is 0 Å². The summed E-state index contributed by atoms with van der Waals surface area (Å²) < 4.78 is 4.87. The van der Waals surface area contributed by atoms with Gasteiger partial charge in [0.1, 0.15) is 0 Å².